The second-order valence-electron chi connectivity index (χ2n) is 3.56. The van der Waals surface area contributed by atoms with Gasteiger partial charge in [-0.25, -0.2) is 13.1 Å². The fourth-order valence-electron chi connectivity index (χ4n) is 1.38. The quantitative estimate of drug-likeness (QED) is 0.800. The summed E-state index contributed by atoms with van der Waals surface area (Å²) >= 11 is 0. The van der Waals surface area contributed by atoms with Crippen molar-refractivity contribution in [2.75, 3.05) is 7.05 Å². The Balaban J connectivity index is 3.05. The molecule has 6 heteroatoms. The van der Waals surface area contributed by atoms with Crippen molar-refractivity contribution in [1.82, 2.24) is 9.71 Å². The van der Waals surface area contributed by atoms with Crippen LogP contribution in [0, 0.1) is 0 Å². The molecular weight excluding hydrogens is 226 g/mol. The van der Waals surface area contributed by atoms with Crippen LogP contribution in [-0.4, -0.2) is 20.4 Å². The van der Waals surface area contributed by atoms with Crippen LogP contribution in [0.25, 0.3) is 0 Å². The van der Waals surface area contributed by atoms with Gasteiger partial charge in [-0.2, -0.15) is 0 Å². The van der Waals surface area contributed by atoms with Crippen molar-refractivity contribution in [2.45, 2.75) is 30.7 Å². The molecule has 0 aliphatic rings. The topological polar surface area (TPSA) is 85.1 Å². The molecule has 16 heavy (non-hydrogen) atoms. The Labute approximate surface area is 96.1 Å². The summed E-state index contributed by atoms with van der Waals surface area (Å²) in [5.74, 6) is 0. The van der Waals surface area contributed by atoms with E-state index in [1.807, 2.05) is 6.92 Å². The molecule has 1 atom stereocenters. The van der Waals surface area contributed by atoms with Crippen LogP contribution >= 0.6 is 0 Å². The molecule has 0 radical (unpaired) electrons. The normalized spacial score (nSPS) is 13.7. The lowest BCUT2D eigenvalue weighted by Gasteiger charge is -2.11. The number of sulfonamides is 1. The SMILES string of the molecule is CCC[C@H](N)c1cncc(S(=O)(=O)NC)c1. The van der Waals surface area contributed by atoms with E-state index < -0.39 is 10.0 Å². The van der Waals surface area contributed by atoms with Crippen LogP contribution in [0.15, 0.2) is 23.4 Å². The van der Waals surface area contributed by atoms with Crippen molar-refractivity contribution in [1.29, 1.82) is 0 Å². The van der Waals surface area contributed by atoms with E-state index in [-0.39, 0.29) is 10.9 Å². The number of nitrogens with zero attached hydrogens (tertiary/aromatic N) is 1. The predicted octanol–water partition coefficient (Wildman–Crippen LogP) is 0.790. The first-order valence-corrected chi connectivity index (χ1v) is 6.63. The number of nitrogens with two attached hydrogens (primary N) is 1. The second-order valence-corrected chi connectivity index (χ2v) is 5.44. The number of hydrogen-bond acceptors (Lipinski definition) is 4. The molecule has 0 bridgehead atoms. The first kappa shape index (κ1) is 13.1. The fraction of sp³-hybridized carbons (Fsp3) is 0.500. The largest absolute Gasteiger partial charge is 0.324 e. The van der Waals surface area contributed by atoms with Crippen LogP contribution in [0.5, 0.6) is 0 Å². The van der Waals surface area contributed by atoms with Crippen molar-refractivity contribution in [3.8, 4) is 0 Å². The van der Waals surface area contributed by atoms with Gasteiger partial charge in [-0.3, -0.25) is 4.98 Å². The summed E-state index contributed by atoms with van der Waals surface area (Å²) in [4.78, 5) is 4.05. The molecule has 1 aromatic rings. The van der Waals surface area contributed by atoms with Crippen LogP contribution in [-0.2, 0) is 10.0 Å². The average Bonchev–Trinajstić information content (AvgIpc) is 2.29. The van der Waals surface area contributed by atoms with Gasteiger partial charge in [-0.05, 0) is 25.1 Å². The van der Waals surface area contributed by atoms with Gasteiger partial charge in [0.25, 0.3) is 0 Å². The van der Waals surface area contributed by atoms with Gasteiger partial charge in [0.1, 0.15) is 4.90 Å². The van der Waals surface area contributed by atoms with Crippen molar-refractivity contribution in [3.05, 3.63) is 24.0 Å². The molecule has 0 amide bonds. The van der Waals surface area contributed by atoms with Crippen LogP contribution in [0.3, 0.4) is 0 Å². The van der Waals surface area contributed by atoms with E-state index in [2.05, 4.69) is 9.71 Å². The van der Waals surface area contributed by atoms with Gasteiger partial charge in [0, 0.05) is 18.4 Å². The molecule has 0 fully saturated rings. The van der Waals surface area contributed by atoms with Crippen LogP contribution in [0.1, 0.15) is 31.4 Å². The highest BCUT2D eigenvalue weighted by molar-refractivity contribution is 7.89. The zero-order valence-electron chi connectivity index (χ0n) is 9.47. The van der Waals surface area contributed by atoms with E-state index >= 15 is 0 Å². The Morgan fingerprint density at radius 1 is 1.50 bits per heavy atom. The monoisotopic (exact) mass is 243 g/mol. The summed E-state index contributed by atoms with van der Waals surface area (Å²) in [6.45, 7) is 2.03. The van der Waals surface area contributed by atoms with Crippen molar-refractivity contribution < 1.29 is 8.42 Å². The van der Waals surface area contributed by atoms with Crippen LogP contribution in [0.2, 0.25) is 0 Å². The smallest absolute Gasteiger partial charge is 0.241 e. The van der Waals surface area contributed by atoms with Gasteiger partial charge in [0.2, 0.25) is 10.0 Å². The molecule has 1 heterocycles. The predicted molar refractivity (Wildman–Crippen MR) is 62.3 cm³/mol. The van der Waals surface area contributed by atoms with Gasteiger partial charge in [-0.15, -0.1) is 0 Å². The third kappa shape index (κ3) is 3.01. The molecule has 0 spiro atoms. The van der Waals surface area contributed by atoms with Gasteiger partial charge in [0.05, 0.1) is 0 Å². The lowest BCUT2D eigenvalue weighted by atomic mass is 10.1. The lowest BCUT2D eigenvalue weighted by Crippen LogP contribution is -2.19. The minimum Gasteiger partial charge on any atom is -0.324 e. The van der Waals surface area contributed by atoms with E-state index in [1.54, 1.807) is 12.3 Å². The molecule has 5 nitrogen and oxygen atoms in total. The number of pyridine rings is 1. The Morgan fingerprint density at radius 2 is 2.19 bits per heavy atom. The zero-order valence-corrected chi connectivity index (χ0v) is 10.3. The Morgan fingerprint density at radius 3 is 2.75 bits per heavy atom. The van der Waals surface area contributed by atoms with E-state index in [4.69, 9.17) is 5.73 Å². The Hall–Kier alpha value is -0.980. The van der Waals surface area contributed by atoms with Crippen molar-refractivity contribution in [2.24, 2.45) is 5.73 Å². The third-order valence-electron chi connectivity index (χ3n) is 2.34. The van der Waals surface area contributed by atoms with Gasteiger partial charge >= 0.3 is 0 Å². The number of hydrogen-bond donors (Lipinski definition) is 2. The summed E-state index contributed by atoms with van der Waals surface area (Å²) in [5, 5.41) is 0. The lowest BCUT2D eigenvalue weighted by molar-refractivity contribution is 0.586. The number of nitrogens with one attached hydrogen (secondary N) is 1. The van der Waals surface area contributed by atoms with Crippen LogP contribution < -0.4 is 10.5 Å². The molecule has 0 aromatic carbocycles. The van der Waals surface area contributed by atoms with Crippen molar-refractivity contribution >= 4 is 10.0 Å². The summed E-state index contributed by atoms with van der Waals surface area (Å²) in [7, 11) is -2.07. The van der Waals surface area contributed by atoms with E-state index in [0.29, 0.717) is 0 Å². The molecule has 0 saturated heterocycles. The Bertz CT molecular complexity index is 445. The third-order valence-corrected chi connectivity index (χ3v) is 3.72. The summed E-state index contributed by atoms with van der Waals surface area (Å²) in [6.07, 6.45) is 4.68. The molecule has 0 saturated carbocycles. The minimum absolute atomic E-state index is 0.152. The highest BCUT2D eigenvalue weighted by Gasteiger charge is 2.14. The molecule has 3 N–H and O–H groups in total. The first-order valence-electron chi connectivity index (χ1n) is 5.15. The molecule has 1 aromatic heterocycles. The number of aromatic nitrogens is 1. The molecular formula is C10H17N3O2S. The van der Waals surface area contributed by atoms with E-state index in [0.717, 1.165) is 18.4 Å². The highest BCUT2D eigenvalue weighted by Crippen LogP contribution is 2.17. The maximum atomic E-state index is 11.5. The molecule has 0 aliphatic carbocycles. The summed E-state index contributed by atoms with van der Waals surface area (Å²) in [6, 6.07) is 1.41. The van der Waals surface area contributed by atoms with Crippen molar-refractivity contribution in [3.63, 3.8) is 0 Å². The molecule has 0 unspecified atom stereocenters. The molecule has 0 aliphatic heterocycles. The molecule has 1 rings (SSSR count). The van der Waals surface area contributed by atoms with Gasteiger partial charge in [0.15, 0.2) is 0 Å². The fourth-order valence-corrected chi connectivity index (χ4v) is 2.11. The van der Waals surface area contributed by atoms with Gasteiger partial charge in [-0.1, -0.05) is 13.3 Å². The van der Waals surface area contributed by atoms with E-state index in [9.17, 15) is 8.42 Å². The number of rotatable bonds is 5. The molecule has 90 valence electrons. The first-order chi connectivity index (χ1) is 7.51. The summed E-state index contributed by atoms with van der Waals surface area (Å²) in [5.41, 5.74) is 6.65. The van der Waals surface area contributed by atoms with Crippen LogP contribution in [0.4, 0.5) is 0 Å². The summed E-state index contributed by atoms with van der Waals surface area (Å²) < 4.78 is 25.3. The standard InChI is InChI=1S/C10H17N3O2S/c1-3-4-10(11)8-5-9(7-13-6-8)16(14,15)12-2/h5-7,10,12H,3-4,11H2,1-2H3/t10-/m0/s1. The maximum Gasteiger partial charge on any atom is 0.241 e. The van der Waals surface area contributed by atoms with Gasteiger partial charge < -0.3 is 5.73 Å². The average molecular weight is 243 g/mol. The minimum atomic E-state index is -3.44. The Kier molecular flexibility index (Phi) is 4.40. The maximum absolute atomic E-state index is 11.5. The highest BCUT2D eigenvalue weighted by atomic mass is 32.2. The second kappa shape index (κ2) is 5.38. The van der Waals surface area contributed by atoms with E-state index in [1.165, 1.54) is 13.2 Å². The zero-order chi connectivity index (χ0) is 12.2.